The third kappa shape index (κ3) is 4.53. The van der Waals surface area contributed by atoms with Crippen LogP contribution >= 0.6 is 47.8 Å². The maximum absolute atomic E-state index is 12.6. The number of benzene rings is 4. The van der Waals surface area contributed by atoms with Gasteiger partial charge in [0.15, 0.2) is 11.2 Å². The van der Waals surface area contributed by atoms with Crippen LogP contribution in [0, 0.1) is 0 Å². The van der Waals surface area contributed by atoms with E-state index in [2.05, 4.69) is 47.8 Å². The first-order valence-corrected chi connectivity index (χ1v) is 13.7. The minimum Gasteiger partial charge on any atom is -0.289 e. The molecule has 0 heterocycles. The molecule has 1 unspecified atom stereocenters. The number of rotatable bonds is 0. The smallest absolute Gasteiger partial charge is 0.194 e. The van der Waals surface area contributed by atoms with Crippen LogP contribution in [0.1, 0.15) is 36.7 Å². The number of hydrogen-bond donors (Lipinski definition) is 0. The second-order valence-corrected chi connectivity index (χ2v) is 11.1. The van der Waals surface area contributed by atoms with Crippen LogP contribution in [0.15, 0.2) is 112 Å². The number of halogens is 3. The quantitative estimate of drug-likeness (QED) is 0.157. The minimum atomic E-state index is 0.0851. The van der Waals surface area contributed by atoms with Gasteiger partial charge < -0.3 is 0 Å². The van der Waals surface area contributed by atoms with E-state index in [1.807, 2.05) is 103 Å². The lowest BCUT2D eigenvalue weighted by atomic mass is 9.99. The zero-order valence-electron chi connectivity index (χ0n) is 18.4. The SMILES string of the molecule is O=C1c2ccccc2C(Br)[C@H](Br)c2ccccc21.O=c1c2ccccc2cc(Br)c2ccccc12. The fraction of sp³-hybridized carbons (Fsp3) is 0.0667. The highest BCUT2D eigenvalue weighted by molar-refractivity contribution is 9.12. The molecule has 0 spiro atoms. The zero-order chi connectivity index (χ0) is 24.5. The van der Waals surface area contributed by atoms with Crippen molar-refractivity contribution < 1.29 is 4.79 Å². The highest BCUT2D eigenvalue weighted by Gasteiger charge is 2.31. The minimum absolute atomic E-state index is 0.0851. The van der Waals surface area contributed by atoms with E-state index in [-0.39, 0.29) is 20.9 Å². The molecule has 5 aromatic carbocycles. The lowest BCUT2D eigenvalue weighted by Gasteiger charge is -2.16. The van der Waals surface area contributed by atoms with Crippen molar-refractivity contribution >= 4 is 75.1 Å². The molecule has 0 saturated carbocycles. The summed E-state index contributed by atoms with van der Waals surface area (Å²) in [5.41, 5.74) is 3.74. The molecule has 2 nitrogen and oxygen atoms in total. The molecule has 0 bridgehead atoms. The van der Waals surface area contributed by atoms with Crippen molar-refractivity contribution in [2.24, 2.45) is 0 Å². The Balaban J connectivity index is 0.000000145. The Labute approximate surface area is 228 Å². The standard InChI is InChI=1S/C15H10Br2O.C15H9BrO/c16-13-9-5-1-3-7-11(9)15(18)12-8-4-2-6-10(12)14(13)17;16-14-9-10-5-1-2-6-11(10)15(17)13-8-4-3-7-12(13)14/h1-8,13-14H;1-9H/t13-,14?;/m1./s1. The Morgan fingerprint density at radius 1 is 0.543 bits per heavy atom. The van der Waals surface area contributed by atoms with E-state index in [1.165, 1.54) is 0 Å². The van der Waals surface area contributed by atoms with Crippen LogP contribution in [-0.2, 0) is 0 Å². The summed E-state index contributed by atoms with van der Waals surface area (Å²) in [7, 11) is 0. The number of carbonyl (C=O) groups excluding carboxylic acids is 1. The molecule has 0 fully saturated rings. The van der Waals surface area contributed by atoms with Crippen LogP contribution in [0.25, 0.3) is 21.5 Å². The number of hydrogen-bond acceptors (Lipinski definition) is 2. The highest BCUT2D eigenvalue weighted by Crippen LogP contribution is 2.47. The van der Waals surface area contributed by atoms with Crippen LogP contribution in [0.3, 0.4) is 0 Å². The van der Waals surface area contributed by atoms with E-state index >= 15 is 0 Å². The Kier molecular flexibility index (Phi) is 7.01. The summed E-state index contributed by atoms with van der Waals surface area (Å²) in [6.45, 7) is 0. The maximum atomic E-state index is 12.6. The lowest BCUT2D eigenvalue weighted by molar-refractivity contribution is 0.103. The van der Waals surface area contributed by atoms with Crippen molar-refractivity contribution in [3.8, 4) is 0 Å². The molecular formula is C30H19Br3O2. The molecule has 172 valence electrons. The second kappa shape index (κ2) is 10.2. The molecule has 0 N–H and O–H groups in total. The van der Waals surface area contributed by atoms with Gasteiger partial charge in [-0.2, -0.15) is 0 Å². The first-order valence-electron chi connectivity index (χ1n) is 11.1. The summed E-state index contributed by atoms with van der Waals surface area (Å²) >= 11 is 10.9. The van der Waals surface area contributed by atoms with E-state index < -0.39 is 0 Å². The predicted octanol–water partition coefficient (Wildman–Crippen LogP) is 8.92. The van der Waals surface area contributed by atoms with E-state index in [0.717, 1.165) is 48.3 Å². The molecule has 6 rings (SSSR count). The van der Waals surface area contributed by atoms with Crippen molar-refractivity contribution in [2.45, 2.75) is 9.65 Å². The monoisotopic (exact) mass is 648 g/mol. The van der Waals surface area contributed by atoms with Gasteiger partial charge >= 0.3 is 0 Å². The molecule has 0 aliphatic heterocycles. The van der Waals surface area contributed by atoms with Crippen LogP contribution in [-0.4, -0.2) is 5.78 Å². The van der Waals surface area contributed by atoms with E-state index in [0.29, 0.717) is 0 Å². The predicted molar refractivity (Wildman–Crippen MR) is 155 cm³/mol. The van der Waals surface area contributed by atoms with Crippen LogP contribution in [0.2, 0.25) is 0 Å². The zero-order valence-corrected chi connectivity index (χ0v) is 23.2. The average molecular weight is 651 g/mol. The van der Waals surface area contributed by atoms with Crippen molar-refractivity contribution in [2.75, 3.05) is 0 Å². The Hall–Kier alpha value is -2.60. The van der Waals surface area contributed by atoms with Gasteiger partial charge in [-0.15, -0.1) is 0 Å². The number of fused-ring (bicyclic) bond motifs is 4. The largest absolute Gasteiger partial charge is 0.289 e. The van der Waals surface area contributed by atoms with E-state index in [9.17, 15) is 9.59 Å². The van der Waals surface area contributed by atoms with Crippen molar-refractivity contribution in [1.82, 2.24) is 0 Å². The van der Waals surface area contributed by atoms with Gasteiger partial charge in [-0.1, -0.05) is 145 Å². The van der Waals surface area contributed by atoms with E-state index in [4.69, 9.17) is 0 Å². The summed E-state index contributed by atoms with van der Waals surface area (Å²) < 4.78 is 0.950. The summed E-state index contributed by atoms with van der Waals surface area (Å²) in [6.07, 6.45) is 0. The molecule has 1 aliphatic carbocycles. The van der Waals surface area contributed by atoms with Crippen LogP contribution in [0.4, 0.5) is 0 Å². The van der Waals surface area contributed by atoms with Gasteiger partial charge in [0.1, 0.15) is 0 Å². The van der Waals surface area contributed by atoms with Gasteiger partial charge in [0.05, 0.1) is 9.65 Å². The fourth-order valence-electron chi connectivity index (χ4n) is 4.43. The molecule has 5 heteroatoms. The average Bonchev–Trinajstić information content (AvgIpc) is 3.06. The fourth-order valence-corrected chi connectivity index (χ4v) is 6.39. The third-order valence-electron chi connectivity index (χ3n) is 6.18. The van der Waals surface area contributed by atoms with Crippen LogP contribution < -0.4 is 5.43 Å². The molecule has 0 saturated heterocycles. The van der Waals surface area contributed by atoms with Gasteiger partial charge in [0.25, 0.3) is 0 Å². The summed E-state index contributed by atoms with van der Waals surface area (Å²) in [4.78, 5) is 25.2. The van der Waals surface area contributed by atoms with Gasteiger partial charge in [0, 0.05) is 26.4 Å². The van der Waals surface area contributed by atoms with Gasteiger partial charge in [-0.25, -0.2) is 0 Å². The second-order valence-electron chi connectivity index (χ2n) is 8.26. The van der Waals surface area contributed by atoms with Gasteiger partial charge in [0.2, 0.25) is 0 Å². The third-order valence-corrected chi connectivity index (χ3v) is 9.59. The number of ketones is 1. The van der Waals surface area contributed by atoms with Crippen molar-refractivity contribution in [3.05, 3.63) is 140 Å². The molecule has 1 aliphatic rings. The summed E-state index contributed by atoms with van der Waals surface area (Å²) in [5, 5.41) is 3.42. The summed E-state index contributed by atoms with van der Waals surface area (Å²) in [6, 6.07) is 32.9. The summed E-state index contributed by atoms with van der Waals surface area (Å²) in [5.74, 6) is 0.104. The lowest BCUT2D eigenvalue weighted by Crippen LogP contribution is -2.03. The number of alkyl halides is 2. The molecule has 0 amide bonds. The first-order chi connectivity index (χ1) is 17.0. The van der Waals surface area contributed by atoms with E-state index in [1.54, 1.807) is 0 Å². The molecule has 0 radical (unpaired) electrons. The Morgan fingerprint density at radius 2 is 1.00 bits per heavy atom. The molecular weight excluding hydrogens is 632 g/mol. The first kappa shape index (κ1) is 24.1. The van der Waals surface area contributed by atoms with Crippen molar-refractivity contribution in [3.63, 3.8) is 0 Å². The molecule has 0 aromatic heterocycles. The molecule has 35 heavy (non-hydrogen) atoms. The normalized spacial score (nSPS) is 16.6. The Bertz CT molecular complexity index is 1590. The van der Waals surface area contributed by atoms with Gasteiger partial charge in [-0.3, -0.25) is 9.59 Å². The number of carbonyl (C=O) groups is 1. The van der Waals surface area contributed by atoms with Gasteiger partial charge in [-0.05, 0) is 28.0 Å². The topological polar surface area (TPSA) is 34.1 Å². The highest BCUT2D eigenvalue weighted by atomic mass is 79.9. The van der Waals surface area contributed by atoms with Crippen molar-refractivity contribution in [1.29, 1.82) is 0 Å². The Morgan fingerprint density at radius 3 is 1.60 bits per heavy atom. The maximum Gasteiger partial charge on any atom is 0.194 e. The molecule has 5 aromatic rings. The van der Waals surface area contributed by atoms with Crippen LogP contribution in [0.5, 0.6) is 0 Å². The molecule has 2 atom stereocenters.